The molecule has 3 N–H and O–H groups in total. The van der Waals surface area contributed by atoms with Crippen molar-refractivity contribution < 1.29 is 4.79 Å². The maximum Gasteiger partial charge on any atom is 0.261 e. The van der Waals surface area contributed by atoms with Crippen molar-refractivity contribution in [1.82, 2.24) is 14.5 Å². The van der Waals surface area contributed by atoms with E-state index in [4.69, 9.17) is 15.7 Å². The molecule has 0 aliphatic carbocycles. The molecule has 2 heterocycles. The van der Waals surface area contributed by atoms with Gasteiger partial charge in [0.2, 0.25) is 0 Å². The van der Waals surface area contributed by atoms with Gasteiger partial charge in [-0.3, -0.25) is 9.36 Å². The zero-order valence-corrected chi connectivity index (χ0v) is 19.1. The van der Waals surface area contributed by atoms with E-state index in [1.807, 2.05) is 86.9 Å². The number of benzene rings is 3. The molecule has 0 fully saturated rings. The van der Waals surface area contributed by atoms with Crippen molar-refractivity contribution in [1.29, 1.82) is 0 Å². The molecule has 2 aromatic heterocycles. The quantitative estimate of drug-likeness (QED) is 0.384. The summed E-state index contributed by atoms with van der Waals surface area (Å²) < 4.78 is 1.83. The smallest absolute Gasteiger partial charge is 0.261 e. The Morgan fingerprint density at radius 2 is 1.52 bits per heavy atom. The molecule has 0 aliphatic rings. The Kier molecular flexibility index (Phi) is 4.86. The summed E-state index contributed by atoms with van der Waals surface area (Å²) in [6.07, 6.45) is 0. The highest BCUT2D eigenvalue weighted by Gasteiger charge is 2.25. The van der Waals surface area contributed by atoms with E-state index < -0.39 is 0 Å². The van der Waals surface area contributed by atoms with Gasteiger partial charge in [0, 0.05) is 11.4 Å². The van der Waals surface area contributed by atoms with Crippen LogP contribution in [0.3, 0.4) is 0 Å². The molecule has 6 nitrogen and oxygen atoms in total. The lowest BCUT2D eigenvalue weighted by Gasteiger charge is -2.11. The summed E-state index contributed by atoms with van der Waals surface area (Å²) in [5, 5.41) is 3.04. The van der Waals surface area contributed by atoms with Crippen LogP contribution in [0.25, 0.3) is 27.9 Å². The number of nitrogen functional groups attached to an aromatic ring is 1. The Bertz CT molecular complexity index is 1540. The first-order valence-electron chi connectivity index (χ1n) is 10.9. The molecule has 164 valence electrons. The molecular weight excluding hydrogens is 410 g/mol. The predicted octanol–water partition coefficient (Wildman–Crippen LogP) is 5.64. The predicted molar refractivity (Wildman–Crippen MR) is 134 cm³/mol. The number of carbonyl (C=O) groups excluding carboxylic acids is 1. The maximum atomic E-state index is 13.6. The van der Waals surface area contributed by atoms with Gasteiger partial charge in [-0.2, -0.15) is 0 Å². The average Bonchev–Trinajstić information content (AvgIpc) is 3.04. The standard InChI is InChI=1S/C27H25N5O/c1-15-9-10-18(4)22(14-15)31-27(33)23-24-26(30-21-8-6-5-7-20(21)29-24)32(25(23)28)19-12-16(2)11-17(3)13-19/h5-14H,28H2,1-4H3,(H,31,33). The first kappa shape index (κ1) is 20.7. The van der Waals surface area contributed by atoms with E-state index in [0.29, 0.717) is 28.1 Å². The van der Waals surface area contributed by atoms with Crippen molar-refractivity contribution in [3.63, 3.8) is 0 Å². The van der Waals surface area contributed by atoms with Crippen LogP contribution in [-0.2, 0) is 0 Å². The van der Waals surface area contributed by atoms with Gasteiger partial charge in [-0.1, -0.05) is 30.3 Å². The third-order valence-electron chi connectivity index (χ3n) is 5.83. The SMILES string of the molecule is Cc1cc(C)cc(-n2c(N)c(C(=O)Nc3cc(C)ccc3C)c3nc4ccccc4nc32)c1. The normalized spacial score (nSPS) is 11.3. The van der Waals surface area contributed by atoms with Gasteiger partial charge in [0.05, 0.1) is 11.0 Å². The molecule has 5 rings (SSSR count). The minimum absolute atomic E-state index is 0.307. The lowest BCUT2D eigenvalue weighted by atomic mass is 10.1. The van der Waals surface area contributed by atoms with Gasteiger partial charge in [-0.15, -0.1) is 0 Å². The number of nitrogens with two attached hydrogens (primary N) is 1. The van der Waals surface area contributed by atoms with Crippen molar-refractivity contribution >= 4 is 39.6 Å². The molecule has 1 amide bonds. The van der Waals surface area contributed by atoms with Crippen molar-refractivity contribution in [2.45, 2.75) is 27.7 Å². The van der Waals surface area contributed by atoms with Gasteiger partial charge in [0.25, 0.3) is 5.91 Å². The fourth-order valence-electron chi connectivity index (χ4n) is 4.28. The number of hydrogen-bond acceptors (Lipinski definition) is 4. The lowest BCUT2D eigenvalue weighted by molar-refractivity contribution is 0.102. The fraction of sp³-hybridized carbons (Fsp3) is 0.148. The number of nitrogens with zero attached hydrogens (tertiary/aromatic N) is 3. The first-order chi connectivity index (χ1) is 15.8. The van der Waals surface area contributed by atoms with Gasteiger partial charge in [-0.05, 0) is 80.3 Å². The van der Waals surface area contributed by atoms with Gasteiger partial charge in [0.1, 0.15) is 16.9 Å². The van der Waals surface area contributed by atoms with Crippen LogP contribution in [0.1, 0.15) is 32.6 Å². The highest BCUT2D eigenvalue weighted by Crippen LogP contribution is 2.32. The van der Waals surface area contributed by atoms with Crippen LogP contribution >= 0.6 is 0 Å². The third kappa shape index (κ3) is 3.59. The Balaban J connectivity index is 1.77. The van der Waals surface area contributed by atoms with Crippen molar-refractivity contribution in [2.24, 2.45) is 0 Å². The minimum Gasteiger partial charge on any atom is -0.384 e. The number of anilines is 2. The maximum absolute atomic E-state index is 13.6. The van der Waals surface area contributed by atoms with Gasteiger partial charge < -0.3 is 11.1 Å². The summed E-state index contributed by atoms with van der Waals surface area (Å²) in [4.78, 5) is 23.2. The van der Waals surface area contributed by atoms with E-state index in [-0.39, 0.29) is 5.91 Å². The average molecular weight is 436 g/mol. The van der Waals surface area contributed by atoms with Crippen LogP contribution < -0.4 is 11.1 Å². The first-order valence-corrected chi connectivity index (χ1v) is 10.9. The Labute approximate surface area is 192 Å². The molecule has 0 saturated carbocycles. The van der Waals surface area contributed by atoms with Crippen LogP contribution in [0.5, 0.6) is 0 Å². The fourth-order valence-corrected chi connectivity index (χ4v) is 4.28. The summed E-state index contributed by atoms with van der Waals surface area (Å²) in [5.74, 6) is 0.00650. The van der Waals surface area contributed by atoms with Gasteiger partial charge in [0.15, 0.2) is 5.65 Å². The molecular formula is C27H25N5O. The largest absolute Gasteiger partial charge is 0.384 e. The molecule has 3 aromatic carbocycles. The lowest BCUT2D eigenvalue weighted by Crippen LogP contribution is -2.15. The Hall–Kier alpha value is -4.19. The summed E-state index contributed by atoms with van der Waals surface area (Å²) in [6.45, 7) is 8.03. The molecule has 0 radical (unpaired) electrons. The van der Waals surface area contributed by atoms with Crippen LogP contribution in [0.4, 0.5) is 11.5 Å². The number of nitrogens with one attached hydrogen (secondary N) is 1. The number of rotatable bonds is 3. The van der Waals surface area contributed by atoms with Crippen molar-refractivity contribution in [3.05, 3.63) is 88.5 Å². The molecule has 5 aromatic rings. The second-order valence-corrected chi connectivity index (χ2v) is 8.60. The third-order valence-corrected chi connectivity index (χ3v) is 5.83. The second-order valence-electron chi connectivity index (χ2n) is 8.60. The van der Waals surface area contributed by atoms with E-state index >= 15 is 0 Å². The number of carbonyl (C=O) groups is 1. The van der Waals surface area contributed by atoms with Crippen molar-refractivity contribution in [3.8, 4) is 5.69 Å². The molecule has 33 heavy (non-hydrogen) atoms. The molecule has 0 spiro atoms. The number of amides is 1. The van der Waals surface area contributed by atoms with Gasteiger partial charge in [-0.25, -0.2) is 9.97 Å². The van der Waals surface area contributed by atoms with E-state index in [1.54, 1.807) is 0 Å². The molecule has 0 bridgehead atoms. The summed E-state index contributed by atoms with van der Waals surface area (Å²) in [7, 11) is 0. The zero-order chi connectivity index (χ0) is 23.3. The van der Waals surface area contributed by atoms with Crippen molar-refractivity contribution in [2.75, 3.05) is 11.1 Å². The second kappa shape index (κ2) is 7.74. The van der Waals surface area contributed by atoms with Gasteiger partial charge >= 0.3 is 0 Å². The number of fused-ring (bicyclic) bond motifs is 2. The van der Waals surface area contributed by atoms with Crippen LogP contribution in [0.2, 0.25) is 0 Å². The van der Waals surface area contributed by atoms with E-state index in [1.165, 1.54) is 0 Å². The summed E-state index contributed by atoms with van der Waals surface area (Å²) >= 11 is 0. The summed E-state index contributed by atoms with van der Waals surface area (Å²) in [5.41, 5.74) is 15.3. The van der Waals surface area contributed by atoms with E-state index in [0.717, 1.165) is 39.1 Å². The highest BCUT2D eigenvalue weighted by molar-refractivity contribution is 6.16. The highest BCUT2D eigenvalue weighted by atomic mass is 16.1. The molecule has 0 saturated heterocycles. The molecule has 0 atom stereocenters. The Morgan fingerprint density at radius 1 is 0.848 bits per heavy atom. The monoisotopic (exact) mass is 435 g/mol. The minimum atomic E-state index is -0.307. The summed E-state index contributed by atoms with van der Waals surface area (Å²) in [6, 6.07) is 19.7. The molecule has 6 heteroatoms. The van der Waals surface area contributed by atoms with Crippen LogP contribution in [-0.4, -0.2) is 20.4 Å². The Morgan fingerprint density at radius 3 is 2.21 bits per heavy atom. The van der Waals surface area contributed by atoms with E-state index in [2.05, 4.69) is 11.4 Å². The van der Waals surface area contributed by atoms with Crippen LogP contribution in [0.15, 0.2) is 60.7 Å². The number of para-hydroxylation sites is 2. The number of aryl methyl sites for hydroxylation is 4. The molecule has 0 aliphatic heterocycles. The number of aromatic nitrogens is 3. The zero-order valence-electron chi connectivity index (χ0n) is 19.1. The van der Waals surface area contributed by atoms with E-state index in [9.17, 15) is 4.79 Å². The topological polar surface area (TPSA) is 85.8 Å². The number of hydrogen-bond donors (Lipinski definition) is 2. The van der Waals surface area contributed by atoms with Crippen LogP contribution in [0, 0.1) is 27.7 Å². The molecule has 0 unspecified atom stereocenters.